The van der Waals surface area contributed by atoms with Crippen molar-refractivity contribution in [3.8, 4) is 22.8 Å². The van der Waals surface area contributed by atoms with Gasteiger partial charge in [-0.25, -0.2) is 9.37 Å². The molecule has 0 saturated heterocycles. The van der Waals surface area contributed by atoms with E-state index in [2.05, 4.69) is 6.07 Å². The second kappa shape index (κ2) is 8.54. The highest BCUT2D eigenvalue weighted by atomic mass is 19.1. The Morgan fingerprint density at radius 2 is 1.79 bits per heavy atom. The molecule has 1 amide bonds. The number of aromatic nitrogens is 1. The van der Waals surface area contributed by atoms with Crippen molar-refractivity contribution in [3.05, 3.63) is 89.2 Å². The average Bonchev–Trinajstić information content (AvgIpc) is 2.87. The Bertz CT molecular complexity index is 1370. The van der Waals surface area contributed by atoms with Crippen LogP contribution in [-0.2, 0) is 13.0 Å². The summed E-state index contributed by atoms with van der Waals surface area (Å²) in [5.41, 5.74) is 4.67. The van der Waals surface area contributed by atoms with Crippen molar-refractivity contribution in [2.75, 3.05) is 20.8 Å². The number of methoxy groups -OCH3 is 2. The quantitative estimate of drug-likeness (QED) is 0.433. The second-order valence-electron chi connectivity index (χ2n) is 8.03. The Kier molecular flexibility index (Phi) is 5.42. The number of pyridine rings is 1. The van der Waals surface area contributed by atoms with Crippen LogP contribution >= 0.6 is 0 Å². The lowest BCUT2D eigenvalue weighted by Gasteiger charge is -2.29. The smallest absolute Gasteiger partial charge is 0.254 e. The summed E-state index contributed by atoms with van der Waals surface area (Å²) >= 11 is 0. The average molecular weight is 442 g/mol. The van der Waals surface area contributed by atoms with Crippen LogP contribution in [0.1, 0.15) is 21.5 Å². The van der Waals surface area contributed by atoms with Crippen LogP contribution in [-0.4, -0.2) is 36.6 Å². The van der Waals surface area contributed by atoms with Crippen molar-refractivity contribution >= 4 is 16.8 Å². The summed E-state index contributed by atoms with van der Waals surface area (Å²) in [6.45, 7) is 1.13. The van der Waals surface area contributed by atoms with Crippen molar-refractivity contribution < 1.29 is 18.7 Å². The molecule has 0 radical (unpaired) electrons. The van der Waals surface area contributed by atoms with E-state index in [1.54, 1.807) is 32.4 Å². The van der Waals surface area contributed by atoms with Gasteiger partial charge in [-0.1, -0.05) is 24.3 Å². The fourth-order valence-electron chi connectivity index (χ4n) is 4.36. The van der Waals surface area contributed by atoms with Gasteiger partial charge in [-0.2, -0.15) is 0 Å². The zero-order valence-corrected chi connectivity index (χ0v) is 18.5. The van der Waals surface area contributed by atoms with Gasteiger partial charge in [-0.05, 0) is 53.9 Å². The summed E-state index contributed by atoms with van der Waals surface area (Å²) in [5, 5.41) is 0.495. The monoisotopic (exact) mass is 442 g/mol. The molecule has 5 nitrogen and oxygen atoms in total. The summed E-state index contributed by atoms with van der Waals surface area (Å²) in [5.74, 6) is 0.684. The number of fused-ring (bicyclic) bond motifs is 2. The molecule has 0 N–H and O–H groups in total. The lowest BCUT2D eigenvalue weighted by atomic mass is 9.98. The highest BCUT2D eigenvalue weighted by Gasteiger charge is 2.24. The van der Waals surface area contributed by atoms with E-state index in [1.807, 2.05) is 35.2 Å². The van der Waals surface area contributed by atoms with Crippen molar-refractivity contribution in [1.82, 2.24) is 9.88 Å². The molecule has 4 aromatic rings. The molecule has 1 aliphatic rings. The number of benzene rings is 3. The van der Waals surface area contributed by atoms with Crippen LogP contribution in [0.5, 0.6) is 11.5 Å². The van der Waals surface area contributed by atoms with Crippen LogP contribution in [0.3, 0.4) is 0 Å². The summed E-state index contributed by atoms with van der Waals surface area (Å²) < 4.78 is 25.0. The van der Waals surface area contributed by atoms with Crippen LogP contribution in [0, 0.1) is 5.82 Å². The standard InChI is InChI=1S/C27H23FN2O3/c1-32-20-8-9-21(26(14-20)33-2)25-15-23(22-13-19(28)7-10-24(22)29-25)27(31)30-12-11-17-5-3-4-6-18(17)16-30/h3-10,13-15H,11-12,16H2,1-2H3. The number of hydrogen-bond acceptors (Lipinski definition) is 4. The molecule has 0 atom stereocenters. The summed E-state index contributed by atoms with van der Waals surface area (Å²) in [4.78, 5) is 20.2. The summed E-state index contributed by atoms with van der Waals surface area (Å²) in [6, 6.07) is 19.7. The van der Waals surface area contributed by atoms with E-state index in [9.17, 15) is 9.18 Å². The largest absolute Gasteiger partial charge is 0.497 e. The molecular weight excluding hydrogens is 419 g/mol. The first-order chi connectivity index (χ1) is 16.1. The molecule has 3 aromatic carbocycles. The molecule has 5 rings (SSSR count). The maximum Gasteiger partial charge on any atom is 0.254 e. The van der Waals surface area contributed by atoms with Gasteiger partial charge in [-0.3, -0.25) is 4.79 Å². The first-order valence-corrected chi connectivity index (χ1v) is 10.8. The highest BCUT2D eigenvalue weighted by Crippen LogP contribution is 2.35. The lowest BCUT2D eigenvalue weighted by molar-refractivity contribution is 0.0736. The minimum Gasteiger partial charge on any atom is -0.497 e. The van der Waals surface area contributed by atoms with Gasteiger partial charge in [0.1, 0.15) is 17.3 Å². The van der Waals surface area contributed by atoms with E-state index < -0.39 is 5.82 Å². The molecular formula is C27H23FN2O3. The van der Waals surface area contributed by atoms with Gasteiger partial charge in [0, 0.05) is 30.1 Å². The third-order valence-electron chi connectivity index (χ3n) is 6.10. The molecule has 0 fully saturated rings. The Morgan fingerprint density at radius 1 is 0.970 bits per heavy atom. The number of ether oxygens (including phenoxy) is 2. The second-order valence-corrected chi connectivity index (χ2v) is 8.03. The topological polar surface area (TPSA) is 51.7 Å². The zero-order valence-electron chi connectivity index (χ0n) is 18.5. The number of carbonyl (C=O) groups excluding carboxylic acids is 1. The van der Waals surface area contributed by atoms with Gasteiger partial charge in [0.2, 0.25) is 0 Å². The van der Waals surface area contributed by atoms with Gasteiger partial charge in [0.05, 0.1) is 31.0 Å². The first-order valence-electron chi connectivity index (χ1n) is 10.8. The Labute approximate surface area is 191 Å². The molecule has 166 valence electrons. The number of halogens is 1. The van der Waals surface area contributed by atoms with Crippen molar-refractivity contribution in [2.24, 2.45) is 0 Å². The lowest BCUT2D eigenvalue weighted by Crippen LogP contribution is -2.36. The normalized spacial score (nSPS) is 13.0. The van der Waals surface area contributed by atoms with E-state index in [0.717, 1.165) is 17.5 Å². The number of rotatable bonds is 4. The molecule has 0 spiro atoms. The van der Waals surface area contributed by atoms with Crippen LogP contribution in [0.2, 0.25) is 0 Å². The number of amides is 1. The highest BCUT2D eigenvalue weighted by molar-refractivity contribution is 6.07. The molecule has 6 heteroatoms. The van der Waals surface area contributed by atoms with E-state index in [0.29, 0.717) is 46.7 Å². The zero-order chi connectivity index (χ0) is 22.9. The molecule has 0 saturated carbocycles. The van der Waals surface area contributed by atoms with Crippen molar-refractivity contribution in [2.45, 2.75) is 13.0 Å². The van der Waals surface area contributed by atoms with E-state index in [1.165, 1.54) is 17.7 Å². The molecule has 0 unspecified atom stereocenters. The predicted molar refractivity (Wildman–Crippen MR) is 125 cm³/mol. The van der Waals surface area contributed by atoms with Gasteiger partial charge >= 0.3 is 0 Å². The molecule has 33 heavy (non-hydrogen) atoms. The fraction of sp³-hybridized carbons (Fsp3) is 0.185. The van der Waals surface area contributed by atoms with Crippen molar-refractivity contribution in [1.29, 1.82) is 0 Å². The van der Waals surface area contributed by atoms with Crippen LogP contribution in [0.25, 0.3) is 22.2 Å². The molecule has 0 aliphatic carbocycles. The van der Waals surface area contributed by atoms with E-state index >= 15 is 0 Å². The maximum atomic E-state index is 14.2. The van der Waals surface area contributed by atoms with E-state index in [-0.39, 0.29) is 5.91 Å². The number of nitrogens with zero attached hydrogens (tertiary/aromatic N) is 2. The maximum absolute atomic E-state index is 14.2. The van der Waals surface area contributed by atoms with E-state index in [4.69, 9.17) is 14.5 Å². The Balaban J connectivity index is 1.63. The molecule has 1 aromatic heterocycles. The Morgan fingerprint density at radius 3 is 2.58 bits per heavy atom. The van der Waals surface area contributed by atoms with Gasteiger partial charge in [0.15, 0.2) is 0 Å². The van der Waals surface area contributed by atoms with Gasteiger partial charge in [-0.15, -0.1) is 0 Å². The number of hydrogen-bond donors (Lipinski definition) is 0. The molecule has 0 bridgehead atoms. The van der Waals surface area contributed by atoms with Crippen LogP contribution in [0.15, 0.2) is 66.7 Å². The summed E-state index contributed by atoms with van der Waals surface area (Å²) in [7, 11) is 3.16. The predicted octanol–water partition coefficient (Wildman–Crippen LogP) is 5.26. The third-order valence-corrected chi connectivity index (χ3v) is 6.10. The first kappa shape index (κ1) is 20.9. The molecule has 2 heterocycles. The Hall–Kier alpha value is -3.93. The van der Waals surface area contributed by atoms with Crippen LogP contribution < -0.4 is 9.47 Å². The van der Waals surface area contributed by atoms with Gasteiger partial charge in [0.25, 0.3) is 5.91 Å². The fourth-order valence-corrected chi connectivity index (χ4v) is 4.36. The number of carbonyl (C=O) groups is 1. The molecule has 1 aliphatic heterocycles. The van der Waals surface area contributed by atoms with Crippen LogP contribution in [0.4, 0.5) is 4.39 Å². The van der Waals surface area contributed by atoms with Gasteiger partial charge < -0.3 is 14.4 Å². The SMILES string of the molecule is COc1ccc(-c2cc(C(=O)N3CCc4ccccc4C3)c3cc(F)ccc3n2)c(OC)c1. The third kappa shape index (κ3) is 3.89. The van der Waals surface area contributed by atoms with Crippen molar-refractivity contribution in [3.63, 3.8) is 0 Å². The summed E-state index contributed by atoms with van der Waals surface area (Å²) in [6.07, 6.45) is 0.790. The minimum atomic E-state index is -0.405. The minimum absolute atomic E-state index is 0.142.